The zero-order valence-electron chi connectivity index (χ0n) is 32.9. The Morgan fingerprint density at radius 3 is 1.21 bits per heavy atom. The molecule has 7 heteroatoms. The van der Waals surface area contributed by atoms with Gasteiger partial charge in [0.2, 0.25) is 0 Å². The topological polar surface area (TPSA) is 46.2 Å². The van der Waals surface area contributed by atoms with Gasteiger partial charge in [-0.05, 0) is 66.6 Å². The maximum atomic E-state index is 7.75. The lowest BCUT2D eigenvalue weighted by Crippen LogP contribution is -2.53. The molecular weight excluding hydrogens is 755 g/mol. The van der Waals surface area contributed by atoms with E-state index in [0.29, 0.717) is 0 Å². The zero-order chi connectivity index (χ0) is 39.6. The molecular formula is C51H46O5P2. The van der Waals surface area contributed by atoms with Crippen LogP contribution in [0.1, 0.15) is 48.6 Å². The molecule has 0 N–H and O–H groups in total. The second-order valence-corrected chi connectivity index (χ2v) is 18.2. The lowest BCUT2D eigenvalue weighted by atomic mass is 9.72. The van der Waals surface area contributed by atoms with E-state index in [1.54, 1.807) is 0 Å². The van der Waals surface area contributed by atoms with Crippen LogP contribution in [0.2, 0.25) is 0 Å². The van der Waals surface area contributed by atoms with Gasteiger partial charge < -0.3 is 14.0 Å². The van der Waals surface area contributed by atoms with Crippen molar-refractivity contribution in [2.75, 3.05) is 0 Å². The first-order valence-electron chi connectivity index (χ1n) is 19.9. The first kappa shape index (κ1) is 38.6. The summed E-state index contributed by atoms with van der Waals surface area (Å²) in [5.41, 5.74) is 2.25. The summed E-state index contributed by atoms with van der Waals surface area (Å²) in [4.78, 5) is 0. The van der Waals surface area contributed by atoms with E-state index < -0.39 is 45.7 Å². The highest BCUT2D eigenvalue weighted by Crippen LogP contribution is 2.65. The summed E-state index contributed by atoms with van der Waals surface area (Å²) < 4.78 is 37.5. The fourth-order valence-electron chi connectivity index (χ4n) is 8.48. The monoisotopic (exact) mass is 800 g/mol. The minimum atomic E-state index is -2.25. The van der Waals surface area contributed by atoms with E-state index in [9.17, 15) is 0 Å². The predicted molar refractivity (Wildman–Crippen MR) is 235 cm³/mol. The van der Waals surface area contributed by atoms with Crippen molar-refractivity contribution in [3.63, 3.8) is 0 Å². The van der Waals surface area contributed by atoms with Crippen LogP contribution in [-0.4, -0.2) is 18.0 Å². The zero-order valence-corrected chi connectivity index (χ0v) is 34.6. The molecule has 9 rings (SSSR count). The van der Waals surface area contributed by atoms with Crippen LogP contribution in [0.3, 0.4) is 0 Å². The summed E-state index contributed by atoms with van der Waals surface area (Å²) in [6.07, 6.45) is -0.651. The van der Waals surface area contributed by atoms with Gasteiger partial charge in [0.15, 0.2) is 17.0 Å². The van der Waals surface area contributed by atoms with Crippen LogP contribution >= 0.6 is 16.5 Å². The Bertz CT molecular complexity index is 2190. The van der Waals surface area contributed by atoms with Crippen molar-refractivity contribution in [3.8, 4) is 5.75 Å². The average Bonchev–Trinajstić information content (AvgIpc) is 3.57. The van der Waals surface area contributed by atoms with E-state index >= 15 is 0 Å². The lowest BCUT2D eigenvalue weighted by Gasteiger charge is -2.41. The van der Waals surface area contributed by atoms with E-state index in [1.807, 2.05) is 86.6 Å². The van der Waals surface area contributed by atoms with Gasteiger partial charge in [-0.25, -0.2) is 0 Å². The molecule has 2 atom stereocenters. The molecule has 0 aliphatic carbocycles. The number of rotatable bonds is 10. The van der Waals surface area contributed by atoms with Gasteiger partial charge in [0.1, 0.15) is 18.0 Å². The second kappa shape index (κ2) is 16.4. The SMILES string of the molecule is CCc1cccc(P(c2ccccc2)c2ccccc2)c1OP1OC(c2ccccc2)(c2ccccc2)[C@@H]2OC(C)(C)O[C@H]2C(c2ccccc2)(c2ccccc2)O1. The standard InChI is InChI=1S/C51H46O5P2/c1-4-38-24-23-37-45(57(43-33-19-9-20-34-43)44-35-21-10-22-36-44)46(38)54-58-55-50(39-25-11-5-12-26-39,40-27-13-6-14-28-40)47-48(53-49(2,3)52-47)51(56-58,41-29-15-7-16-30-41)42-31-17-8-18-32-42/h5-37,47-48H,4H2,1-3H3/t47-,48-/m1/s1. The van der Waals surface area contributed by atoms with Crippen molar-refractivity contribution in [1.82, 2.24) is 0 Å². The number of hydrogen-bond acceptors (Lipinski definition) is 5. The van der Waals surface area contributed by atoms with Crippen molar-refractivity contribution in [2.24, 2.45) is 0 Å². The summed E-state index contributed by atoms with van der Waals surface area (Å²) in [6.45, 7) is 6.12. The fourth-order valence-corrected chi connectivity index (χ4v) is 12.6. The van der Waals surface area contributed by atoms with Crippen molar-refractivity contribution >= 4 is 32.4 Å². The van der Waals surface area contributed by atoms with E-state index in [0.717, 1.165) is 45.3 Å². The number of aryl methyl sites for hydroxylation is 1. The van der Waals surface area contributed by atoms with Gasteiger partial charge in [0, 0.05) is 5.30 Å². The van der Waals surface area contributed by atoms with Crippen LogP contribution in [0.5, 0.6) is 5.75 Å². The first-order valence-corrected chi connectivity index (χ1v) is 22.3. The highest BCUT2D eigenvalue weighted by atomic mass is 31.2. The molecule has 0 radical (unpaired) electrons. The maximum Gasteiger partial charge on any atom is 0.399 e. The van der Waals surface area contributed by atoms with Crippen LogP contribution in [0.15, 0.2) is 200 Å². The van der Waals surface area contributed by atoms with Crippen LogP contribution in [0.25, 0.3) is 0 Å². The summed E-state index contributed by atoms with van der Waals surface area (Å²) >= 11 is 0. The molecule has 7 aromatic rings. The molecule has 2 saturated heterocycles. The Balaban J connectivity index is 1.33. The van der Waals surface area contributed by atoms with Crippen LogP contribution in [-0.2, 0) is 36.1 Å². The maximum absolute atomic E-state index is 7.75. The molecule has 0 bridgehead atoms. The third kappa shape index (κ3) is 7.01. The number of fused-ring (bicyclic) bond motifs is 1. The van der Waals surface area contributed by atoms with Gasteiger partial charge in [-0.3, -0.25) is 9.05 Å². The molecule has 58 heavy (non-hydrogen) atoms. The van der Waals surface area contributed by atoms with Gasteiger partial charge in [0.05, 0.1) is 0 Å². The number of ether oxygens (including phenoxy) is 2. The molecule has 7 aromatic carbocycles. The van der Waals surface area contributed by atoms with Crippen molar-refractivity contribution in [2.45, 2.75) is 56.4 Å². The molecule has 2 fully saturated rings. The minimum Gasteiger partial charge on any atom is -0.426 e. The summed E-state index contributed by atoms with van der Waals surface area (Å²) in [6, 6.07) is 69.4. The second-order valence-electron chi connectivity index (χ2n) is 15.0. The minimum absolute atomic E-state index is 0.699. The fraction of sp³-hybridized carbons (Fsp3) is 0.176. The molecule has 2 aliphatic heterocycles. The Labute approximate surface area is 344 Å². The average molecular weight is 801 g/mol. The van der Waals surface area contributed by atoms with Crippen LogP contribution < -0.4 is 20.4 Å². The van der Waals surface area contributed by atoms with Gasteiger partial charge in [-0.15, -0.1) is 0 Å². The molecule has 0 spiro atoms. The van der Waals surface area contributed by atoms with Gasteiger partial charge in [-0.1, -0.05) is 207 Å². The smallest absolute Gasteiger partial charge is 0.399 e. The van der Waals surface area contributed by atoms with Crippen LogP contribution in [0.4, 0.5) is 0 Å². The van der Waals surface area contributed by atoms with Crippen molar-refractivity contribution < 1.29 is 23.0 Å². The Kier molecular flexibility index (Phi) is 10.9. The van der Waals surface area contributed by atoms with Crippen molar-refractivity contribution in [3.05, 3.63) is 228 Å². The molecule has 0 saturated carbocycles. The largest absolute Gasteiger partial charge is 0.426 e. The molecule has 0 aromatic heterocycles. The summed E-state index contributed by atoms with van der Waals surface area (Å²) in [5, 5.41) is 3.54. The highest BCUT2D eigenvalue weighted by Gasteiger charge is 2.67. The summed E-state index contributed by atoms with van der Waals surface area (Å²) in [7, 11) is -3.29. The van der Waals surface area contributed by atoms with Crippen molar-refractivity contribution in [1.29, 1.82) is 0 Å². The van der Waals surface area contributed by atoms with E-state index in [2.05, 4.69) is 134 Å². The quantitative estimate of drug-likeness (QED) is 0.129. The molecule has 2 aliphatic rings. The molecule has 0 amide bonds. The molecule has 5 nitrogen and oxygen atoms in total. The van der Waals surface area contributed by atoms with Gasteiger partial charge >= 0.3 is 8.60 Å². The highest BCUT2D eigenvalue weighted by molar-refractivity contribution is 7.80. The van der Waals surface area contributed by atoms with E-state index in [1.165, 1.54) is 10.6 Å². The molecule has 0 unspecified atom stereocenters. The Hall–Kier alpha value is -4.96. The number of benzene rings is 7. The normalized spacial score (nSPS) is 19.6. The van der Waals surface area contributed by atoms with Gasteiger partial charge in [-0.2, -0.15) is 0 Å². The van der Waals surface area contributed by atoms with E-state index in [-0.39, 0.29) is 0 Å². The number of para-hydroxylation sites is 1. The first-order chi connectivity index (χ1) is 28.4. The Morgan fingerprint density at radius 1 is 0.483 bits per heavy atom. The lowest BCUT2D eigenvalue weighted by molar-refractivity contribution is -0.175. The van der Waals surface area contributed by atoms with Crippen LogP contribution in [0, 0.1) is 0 Å². The third-order valence-electron chi connectivity index (χ3n) is 11.0. The third-order valence-corrected chi connectivity index (χ3v) is 14.7. The molecule has 290 valence electrons. The number of hydrogen-bond donors (Lipinski definition) is 0. The van der Waals surface area contributed by atoms with Gasteiger partial charge in [0.25, 0.3) is 0 Å². The Morgan fingerprint density at radius 2 is 0.845 bits per heavy atom. The predicted octanol–water partition coefficient (Wildman–Crippen LogP) is 11.1. The summed E-state index contributed by atoms with van der Waals surface area (Å²) in [5.74, 6) is -0.218. The molecule has 2 heterocycles. The van der Waals surface area contributed by atoms with E-state index in [4.69, 9.17) is 23.0 Å².